The lowest BCUT2D eigenvalue weighted by molar-refractivity contribution is -0.116. The van der Waals surface area contributed by atoms with Crippen LogP contribution in [0.1, 0.15) is 0 Å². The number of carbonyl (C=O) groups is 2. The van der Waals surface area contributed by atoms with Gasteiger partial charge in [-0.25, -0.2) is 14.8 Å². The van der Waals surface area contributed by atoms with E-state index in [0.717, 1.165) is 8.47 Å². The van der Waals surface area contributed by atoms with Crippen molar-refractivity contribution >= 4 is 34.6 Å². The number of carbonyl (C=O) groups excluding carboxylic acids is 1. The van der Waals surface area contributed by atoms with Crippen molar-refractivity contribution in [2.45, 2.75) is 0 Å². The second kappa shape index (κ2) is 9.10. The lowest BCUT2D eigenvalue weighted by Crippen LogP contribution is -2.33. The molecule has 0 aliphatic heterocycles. The minimum absolute atomic E-state index is 0.0969. The summed E-state index contributed by atoms with van der Waals surface area (Å²) < 4.78 is 6.14. The van der Waals surface area contributed by atoms with Crippen LogP contribution >= 0.6 is 22.6 Å². The molecule has 8 nitrogen and oxygen atoms in total. The monoisotopic (exact) mass is 406 g/mol. The molecule has 1 rings (SSSR count). The Morgan fingerprint density at radius 2 is 2.14 bits per heavy atom. The van der Waals surface area contributed by atoms with Crippen molar-refractivity contribution in [1.82, 2.24) is 20.2 Å². The van der Waals surface area contributed by atoms with Gasteiger partial charge in [0, 0.05) is 35.6 Å². The Balaban J connectivity index is 2.40. The van der Waals surface area contributed by atoms with Crippen LogP contribution in [0.25, 0.3) is 0 Å². The van der Waals surface area contributed by atoms with Gasteiger partial charge in [0.2, 0.25) is 5.91 Å². The molecular weight excluding hydrogens is 391 g/mol. The lowest BCUT2D eigenvalue weighted by Gasteiger charge is -2.16. The number of nitrogens with one attached hydrogen (secondary N) is 1. The Morgan fingerprint density at radius 3 is 2.71 bits per heavy atom. The zero-order valence-electron chi connectivity index (χ0n) is 11.3. The van der Waals surface area contributed by atoms with Gasteiger partial charge in [-0.15, -0.1) is 0 Å². The van der Waals surface area contributed by atoms with E-state index in [-0.39, 0.29) is 31.6 Å². The van der Waals surface area contributed by atoms with Crippen molar-refractivity contribution in [1.29, 1.82) is 0 Å². The maximum absolute atomic E-state index is 11.0. The van der Waals surface area contributed by atoms with Crippen LogP contribution in [0.4, 0.5) is 4.79 Å². The topological polar surface area (TPSA) is 105 Å². The van der Waals surface area contributed by atoms with Crippen LogP contribution in [-0.4, -0.2) is 58.7 Å². The highest BCUT2D eigenvalue weighted by atomic mass is 127. The second-order valence-corrected chi connectivity index (χ2v) is 5.02. The van der Waals surface area contributed by atoms with E-state index in [1.54, 1.807) is 12.4 Å². The molecule has 0 saturated carbocycles. The molecule has 0 aliphatic carbocycles. The first-order chi connectivity index (χ1) is 10.0. The van der Waals surface area contributed by atoms with Gasteiger partial charge in [0.05, 0.1) is 6.54 Å². The first-order valence-corrected chi connectivity index (χ1v) is 7.07. The summed E-state index contributed by atoms with van der Waals surface area (Å²) in [7, 11) is 1.50. The zero-order chi connectivity index (χ0) is 15.7. The summed E-state index contributed by atoms with van der Waals surface area (Å²) in [5.41, 5.74) is 0. The molecule has 114 valence electrons. The summed E-state index contributed by atoms with van der Waals surface area (Å²) in [4.78, 5) is 31.0. The maximum atomic E-state index is 11.0. The van der Waals surface area contributed by atoms with Crippen molar-refractivity contribution in [3.05, 3.63) is 28.1 Å². The number of nitrogens with zero attached hydrogens (tertiary/aromatic N) is 3. The normalized spacial score (nSPS) is 10.4. The number of aromatic nitrogens is 2. The second-order valence-electron chi connectivity index (χ2n) is 3.78. The largest absolute Gasteiger partial charge is 0.465 e. The van der Waals surface area contributed by atoms with E-state index in [4.69, 9.17) is 9.84 Å². The van der Waals surface area contributed by atoms with Crippen LogP contribution < -0.4 is 10.1 Å². The average Bonchev–Trinajstić information content (AvgIpc) is 2.47. The minimum Gasteiger partial charge on any atom is -0.465 e. The first kappa shape index (κ1) is 17.1. The third-order valence-electron chi connectivity index (χ3n) is 2.30. The van der Waals surface area contributed by atoms with E-state index >= 15 is 0 Å². The summed E-state index contributed by atoms with van der Waals surface area (Å²) in [6, 6.07) is 0.196. The SMILES string of the molecule is CNC(=O)C=CCN(CCOc1ncc(I)cn1)C(=O)O. The fourth-order valence-corrected chi connectivity index (χ4v) is 1.54. The van der Waals surface area contributed by atoms with Crippen molar-refractivity contribution in [3.8, 4) is 6.01 Å². The summed E-state index contributed by atoms with van der Waals surface area (Å²) in [6.07, 6.45) is 4.85. The number of carboxylic acid groups (broad SMARTS) is 1. The van der Waals surface area contributed by atoms with E-state index in [1.165, 1.54) is 19.2 Å². The highest BCUT2D eigenvalue weighted by molar-refractivity contribution is 14.1. The summed E-state index contributed by atoms with van der Waals surface area (Å²) in [5.74, 6) is -0.288. The lowest BCUT2D eigenvalue weighted by atomic mass is 10.4. The van der Waals surface area contributed by atoms with Crippen LogP contribution in [-0.2, 0) is 4.79 Å². The summed E-state index contributed by atoms with van der Waals surface area (Å²) in [5, 5.41) is 11.4. The molecule has 2 N–H and O–H groups in total. The van der Waals surface area contributed by atoms with Gasteiger partial charge in [0.25, 0.3) is 0 Å². The number of rotatable bonds is 7. The van der Waals surface area contributed by atoms with Crippen molar-refractivity contribution in [2.75, 3.05) is 26.7 Å². The van der Waals surface area contributed by atoms with Crippen molar-refractivity contribution in [3.63, 3.8) is 0 Å². The molecule has 0 radical (unpaired) electrons. The molecule has 0 bridgehead atoms. The number of halogens is 1. The predicted octanol–water partition coefficient (Wildman–Crippen LogP) is 0.742. The first-order valence-electron chi connectivity index (χ1n) is 5.99. The van der Waals surface area contributed by atoms with Gasteiger partial charge in [-0.3, -0.25) is 4.79 Å². The molecule has 1 aromatic rings. The standard InChI is InChI=1S/C12H15IN4O4/c1-14-10(18)3-2-4-17(12(19)20)5-6-21-11-15-7-9(13)8-16-11/h2-3,7-8H,4-6H2,1H3,(H,14,18)(H,19,20). The van der Waals surface area contributed by atoms with E-state index in [1.807, 2.05) is 0 Å². The Morgan fingerprint density at radius 1 is 1.48 bits per heavy atom. The highest BCUT2D eigenvalue weighted by Gasteiger charge is 2.10. The summed E-state index contributed by atoms with van der Waals surface area (Å²) in [6.45, 7) is 0.364. The molecule has 0 aromatic carbocycles. The number of ether oxygens (including phenoxy) is 1. The van der Waals surface area contributed by atoms with E-state index in [9.17, 15) is 9.59 Å². The Bertz CT molecular complexity index is 506. The van der Waals surface area contributed by atoms with Crippen LogP contribution in [0.5, 0.6) is 6.01 Å². The third-order valence-corrected chi connectivity index (χ3v) is 2.86. The molecule has 1 heterocycles. The Hall–Kier alpha value is -1.91. The fourth-order valence-electron chi connectivity index (χ4n) is 1.26. The number of amides is 2. The Labute approximate surface area is 135 Å². The van der Waals surface area contributed by atoms with Crippen molar-refractivity contribution in [2.24, 2.45) is 0 Å². The van der Waals surface area contributed by atoms with Crippen LogP contribution in [0.3, 0.4) is 0 Å². The van der Waals surface area contributed by atoms with Gasteiger partial charge in [0.15, 0.2) is 0 Å². The fraction of sp³-hybridized carbons (Fsp3) is 0.333. The molecule has 0 saturated heterocycles. The number of hydrogen-bond acceptors (Lipinski definition) is 5. The van der Waals surface area contributed by atoms with Crippen LogP contribution in [0.2, 0.25) is 0 Å². The van der Waals surface area contributed by atoms with Crippen molar-refractivity contribution < 1.29 is 19.4 Å². The van der Waals surface area contributed by atoms with Gasteiger partial charge in [-0.1, -0.05) is 6.08 Å². The van der Waals surface area contributed by atoms with E-state index in [0.29, 0.717) is 0 Å². The van der Waals surface area contributed by atoms with Gasteiger partial charge in [-0.2, -0.15) is 0 Å². The molecule has 0 spiro atoms. The highest BCUT2D eigenvalue weighted by Crippen LogP contribution is 2.04. The molecule has 1 aromatic heterocycles. The number of likely N-dealkylation sites (N-methyl/N-ethyl adjacent to an activating group) is 1. The van der Waals surface area contributed by atoms with E-state index in [2.05, 4.69) is 37.9 Å². The molecule has 0 aliphatic rings. The molecule has 0 atom stereocenters. The third kappa shape index (κ3) is 6.88. The molecule has 2 amide bonds. The molecule has 0 unspecified atom stereocenters. The quantitative estimate of drug-likeness (QED) is 0.512. The van der Waals surface area contributed by atoms with E-state index < -0.39 is 6.09 Å². The molecule has 0 fully saturated rings. The predicted molar refractivity (Wildman–Crippen MR) is 83.0 cm³/mol. The smallest absolute Gasteiger partial charge is 0.407 e. The Kier molecular flexibility index (Phi) is 7.43. The van der Waals surface area contributed by atoms with Gasteiger partial charge in [-0.05, 0) is 22.6 Å². The maximum Gasteiger partial charge on any atom is 0.407 e. The zero-order valence-corrected chi connectivity index (χ0v) is 13.5. The van der Waals surface area contributed by atoms with Gasteiger partial charge < -0.3 is 20.1 Å². The molecule has 9 heteroatoms. The molecule has 21 heavy (non-hydrogen) atoms. The van der Waals surface area contributed by atoms with Crippen LogP contribution in [0.15, 0.2) is 24.5 Å². The van der Waals surface area contributed by atoms with Crippen LogP contribution in [0, 0.1) is 3.57 Å². The van der Waals surface area contributed by atoms with Gasteiger partial charge >= 0.3 is 12.1 Å². The molecular formula is C12H15IN4O4. The average molecular weight is 406 g/mol. The summed E-state index contributed by atoms with van der Waals surface area (Å²) >= 11 is 2.07. The minimum atomic E-state index is -1.09. The number of hydrogen-bond donors (Lipinski definition) is 2. The van der Waals surface area contributed by atoms with Gasteiger partial charge in [0.1, 0.15) is 6.61 Å².